The van der Waals surface area contributed by atoms with Crippen molar-refractivity contribution in [3.63, 3.8) is 0 Å². The lowest BCUT2D eigenvalue weighted by Gasteiger charge is -2.26. The predicted octanol–water partition coefficient (Wildman–Crippen LogP) is 6.02. The summed E-state index contributed by atoms with van der Waals surface area (Å²) in [6, 6.07) is 20.7. The maximum Gasteiger partial charge on any atom is 0.300 e. The van der Waals surface area contributed by atoms with Crippen LogP contribution in [0, 0.1) is 0 Å². The van der Waals surface area contributed by atoms with Crippen molar-refractivity contribution in [2.45, 2.75) is 39.2 Å². The Kier molecular flexibility index (Phi) is 6.88. The molecule has 0 aliphatic carbocycles. The zero-order valence-corrected chi connectivity index (χ0v) is 21.2. The minimum atomic E-state index is -0.803. The average molecular weight is 486 g/mol. The van der Waals surface area contributed by atoms with Crippen LogP contribution in [0.5, 0.6) is 11.5 Å². The van der Waals surface area contributed by atoms with E-state index in [0.29, 0.717) is 29.2 Å². The van der Waals surface area contributed by atoms with E-state index < -0.39 is 17.7 Å². The second kappa shape index (κ2) is 9.90. The van der Waals surface area contributed by atoms with Crippen molar-refractivity contribution >= 4 is 23.1 Å². The molecule has 6 nitrogen and oxygen atoms in total. The maximum atomic E-state index is 13.4. The minimum Gasteiger partial charge on any atom is -0.507 e. The summed E-state index contributed by atoms with van der Waals surface area (Å²) in [5.41, 5.74) is 2.37. The molecule has 1 saturated heterocycles. The van der Waals surface area contributed by atoms with Gasteiger partial charge in [0.25, 0.3) is 11.7 Å². The molecule has 0 radical (unpaired) electrons. The summed E-state index contributed by atoms with van der Waals surface area (Å²) in [7, 11) is 1.57. The number of benzene rings is 3. The Hall–Kier alpha value is -4.06. The summed E-state index contributed by atoms with van der Waals surface area (Å²) in [6.45, 7) is 8.59. The van der Waals surface area contributed by atoms with Crippen molar-refractivity contribution in [1.82, 2.24) is 0 Å². The van der Waals surface area contributed by atoms with E-state index in [-0.39, 0.29) is 16.7 Å². The number of anilines is 1. The molecule has 0 spiro atoms. The van der Waals surface area contributed by atoms with Gasteiger partial charge in [-0.3, -0.25) is 14.5 Å². The zero-order chi connectivity index (χ0) is 26.0. The molecule has 3 aromatic rings. The van der Waals surface area contributed by atoms with Crippen LogP contribution in [-0.4, -0.2) is 30.5 Å². The van der Waals surface area contributed by atoms with E-state index in [1.165, 1.54) is 4.90 Å². The van der Waals surface area contributed by atoms with Gasteiger partial charge in [-0.2, -0.15) is 0 Å². The van der Waals surface area contributed by atoms with Gasteiger partial charge in [0.05, 0.1) is 25.3 Å². The van der Waals surface area contributed by atoms with E-state index in [1.54, 1.807) is 55.6 Å². The number of rotatable bonds is 6. The van der Waals surface area contributed by atoms with Crippen LogP contribution in [-0.2, 0) is 15.0 Å². The third kappa shape index (κ3) is 4.59. The Morgan fingerprint density at radius 1 is 0.972 bits per heavy atom. The summed E-state index contributed by atoms with van der Waals surface area (Å²) in [4.78, 5) is 28.2. The van der Waals surface area contributed by atoms with Crippen LogP contribution < -0.4 is 14.4 Å². The van der Waals surface area contributed by atoms with Crippen LogP contribution in [0.3, 0.4) is 0 Å². The lowest BCUT2D eigenvalue weighted by atomic mass is 9.84. The fourth-order valence-corrected chi connectivity index (χ4v) is 4.49. The number of aliphatic hydroxyl groups is 1. The summed E-state index contributed by atoms with van der Waals surface area (Å²) in [5.74, 6) is -0.273. The number of carbonyl (C=O) groups excluding carboxylic acids is 2. The van der Waals surface area contributed by atoms with Crippen molar-refractivity contribution in [2.24, 2.45) is 0 Å². The van der Waals surface area contributed by atoms with Crippen LogP contribution in [0.1, 0.15) is 50.4 Å². The van der Waals surface area contributed by atoms with Gasteiger partial charge in [0.2, 0.25) is 0 Å². The van der Waals surface area contributed by atoms with Gasteiger partial charge in [0.1, 0.15) is 17.3 Å². The second-order valence-corrected chi connectivity index (χ2v) is 9.67. The molecule has 6 heteroatoms. The number of ketones is 1. The van der Waals surface area contributed by atoms with E-state index >= 15 is 0 Å². The van der Waals surface area contributed by atoms with Gasteiger partial charge in [-0.1, -0.05) is 51.1 Å². The molecule has 1 aliphatic rings. The highest BCUT2D eigenvalue weighted by Gasteiger charge is 2.47. The van der Waals surface area contributed by atoms with Crippen LogP contribution in [0.15, 0.2) is 78.4 Å². The number of hydrogen-bond acceptors (Lipinski definition) is 5. The number of carbonyl (C=O) groups is 2. The number of hydrogen-bond donors (Lipinski definition) is 1. The minimum absolute atomic E-state index is 0.0399. The van der Waals surface area contributed by atoms with Gasteiger partial charge in [0.15, 0.2) is 0 Å². The first-order valence-electron chi connectivity index (χ1n) is 11.9. The monoisotopic (exact) mass is 485 g/mol. The highest BCUT2D eigenvalue weighted by molar-refractivity contribution is 6.51. The highest BCUT2D eigenvalue weighted by Crippen LogP contribution is 2.43. The summed E-state index contributed by atoms with van der Waals surface area (Å²) >= 11 is 0. The fourth-order valence-electron chi connectivity index (χ4n) is 4.49. The van der Waals surface area contributed by atoms with Gasteiger partial charge < -0.3 is 14.6 Å². The van der Waals surface area contributed by atoms with E-state index in [0.717, 1.165) is 11.3 Å². The van der Waals surface area contributed by atoms with E-state index in [9.17, 15) is 14.7 Å². The highest BCUT2D eigenvalue weighted by atomic mass is 16.5. The zero-order valence-electron chi connectivity index (χ0n) is 21.2. The van der Waals surface area contributed by atoms with Crippen molar-refractivity contribution < 1.29 is 24.2 Å². The molecule has 1 amide bonds. The molecule has 1 atom stereocenters. The molecular weight excluding hydrogens is 454 g/mol. The number of methoxy groups -OCH3 is 1. The second-order valence-electron chi connectivity index (χ2n) is 9.67. The Balaban J connectivity index is 1.93. The van der Waals surface area contributed by atoms with Crippen LogP contribution in [0.4, 0.5) is 5.69 Å². The van der Waals surface area contributed by atoms with Crippen LogP contribution >= 0.6 is 0 Å². The van der Waals surface area contributed by atoms with Crippen molar-refractivity contribution in [2.75, 3.05) is 18.6 Å². The smallest absolute Gasteiger partial charge is 0.300 e. The molecule has 1 unspecified atom stereocenters. The molecule has 3 aromatic carbocycles. The first-order chi connectivity index (χ1) is 17.2. The number of nitrogens with zero attached hydrogens (tertiary/aromatic N) is 1. The molecule has 0 bridgehead atoms. The third-order valence-corrected chi connectivity index (χ3v) is 6.27. The SMILES string of the molecule is CCOc1ccc(/C(O)=C2/C(=O)C(=O)N(c3ccccc3)C2c2ccc(OC)cc2)cc1C(C)(C)C. The Morgan fingerprint density at radius 2 is 1.64 bits per heavy atom. The molecular formula is C30H31NO5. The number of Topliss-reactive ketones (excluding diaryl/α,β-unsaturated/α-hetero) is 1. The van der Waals surface area contributed by atoms with Gasteiger partial charge >= 0.3 is 0 Å². The molecule has 1 fully saturated rings. The van der Waals surface area contributed by atoms with Gasteiger partial charge in [-0.05, 0) is 60.4 Å². The van der Waals surface area contributed by atoms with Crippen molar-refractivity contribution in [3.8, 4) is 11.5 Å². The van der Waals surface area contributed by atoms with E-state index in [2.05, 4.69) is 20.8 Å². The van der Waals surface area contributed by atoms with Crippen LogP contribution in [0.2, 0.25) is 0 Å². The summed E-state index contributed by atoms with van der Waals surface area (Å²) in [5, 5.41) is 11.5. The van der Waals surface area contributed by atoms with E-state index in [1.807, 2.05) is 31.2 Å². The molecule has 1 N–H and O–H groups in total. The standard InChI is InChI=1S/C30H31NO5/c1-6-36-24-17-14-20(18-23(24)30(2,3)4)27(32)25-26(19-12-15-22(35-5)16-13-19)31(29(34)28(25)33)21-10-8-7-9-11-21/h7-18,26,32H,6H2,1-5H3/b27-25-. The number of aliphatic hydroxyl groups excluding tert-OH is 1. The Bertz CT molecular complexity index is 1300. The van der Waals surface area contributed by atoms with Gasteiger partial charge in [-0.15, -0.1) is 0 Å². The molecule has 1 heterocycles. The molecule has 1 aliphatic heterocycles. The molecule has 4 rings (SSSR count). The van der Waals surface area contributed by atoms with Crippen LogP contribution in [0.25, 0.3) is 5.76 Å². The van der Waals surface area contributed by atoms with Gasteiger partial charge in [-0.25, -0.2) is 0 Å². The number of amides is 1. The molecule has 0 aromatic heterocycles. The van der Waals surface area contributed by atoms with Crippen molar-refractivity contribution in [1.29, 1.82) is 0 Å². The van der Waals surface area contributed by atoms with Crippen molar-refractivity contribution in [3.05, 3.63) is 95.1 Å². The quantitative estimate of drug-likeness (QED) is 0.263. The van der Waals surface area contributed by atoms with E-state index in [4.69, 9.17) is 9.47 Å². The largest absolute Gasteiger partial charge is 0.507 e. The number of ether oxygens (including phenoxy) is 2. The average Bonchev–Trinajstić information content (AvgIpc) is 3.14. The first-order valence-corrected chi connectivity index (χ1v) is 11.9. The first kappa shape index (κ1) is 25.0. The summed E-state index contributed by atoms with van der Waals surface area (Å²) < 4.78 is 11.1. The third-order valence-electron chi connectivity index (χ3n) is 6.27. The Morgan fingerprint density at radius 3 is 2.22 bits per heavy atom. The lowest BCUT2D eigenvalue weighted by Crippen LogP contribution is -2.29. The van der Waals surface area contributed by atoms with Gasteiger partial charge in [0, 0.05) is 16.8 Å². The predicted molar refractivity (Wildman–Crippen MR) is 141 cm³/mol. The Labute approximate surface area is 211 Å². The normalized spacial score (nSPS) is 17.4. The molecule has 0 saturated carbocycles. The lowest BCUT2D eigenvalue weighted by molar-refractivity contribution is -0.132. The molecule has 186 valence electrons. The molecule has 36 heavy (non-hydrogen) atoms. The fraction of sp³-hybridized carbons (Fsp3) is 0.267. The number of para-hydroxylation sites is 1. The topological polar surface area (TPSA) is 76.1 Å². The maximum absolute atomic E-state index is 13.4. The summed E-state index contributed by atoms with van der Waals surface area (Å²) in [6.07, 6.45) is 0.